The fourth-order valence-corrected chi connectivity index (χ4v) is 22.2. The predicted octanol–water partition coefficient (Wildman–Crippen LogP) is 10.2. The minimum atomic E-state index is -3.11. The van der Waals surface area contributed by atoms with E-state index in [1.54, 1.807) is 0 Å². The highest BCUT2D eigenvalue weighted by Gasteiger charge is 2.56. The van der Waals surface area contributed by atoms with Crippen LogP contribution in [-0.2, 0) is 10.8 Å². The van der Waals surface area contributed by atoms with Crippen molar-refractivity contribution >= 4 is 96.5 Å². The lowest BCUT2D eigenvalue weighted by Crippen LogP contribution is -2.82. The van der Waals surface area contributed by atoms with Crippen LogP contribution in [0.25, 0.3) is 27.5 Å². The molecule has 3 heterocycles. The molecule has 1 atom stereocenters. The lowest BCUT2D eigenvalue weighted by molar-refractivity contribution is 0.591. The highest BCUT2D eigenvalue weighted by molar-refractivity contribution is 7.24. The summed E-state index contributed by atoms with van der Waals surface area (Å²) in [6.45, 7) is 13.9. The van der Waals surface area contributed by atoms with Crippen LogP contribution in [0.4, 0.5) is 17.1 Å². The Labute approximate surface area is 391 Å². The first kappa shape index (κ1) is 40.5. The van der Waals surface area contributed by atoms with Gasteiger partial charge in [-0.25, -0.2) is 0 Å². The van der Waals surface area contributed by atoms with Crippen LogP contribution in [0.1, 0.15) is 52.7 Å². The fraction of sp³-hybridized carbons (Fsp3) is 0.129. The molecule has 1 aromatic heterocycles. The molecule has 2 nitrogen and oxygen atoms in total. The Morgan fingerprint density at radius 2 is 0.712 bits per heavy atom. The van der Waals surface area contributed by atoms with Gasteiger partial charge in [0, 0.05) is 33.5 Å². The van der Waals surface area contributed by atoms with Crippen LogP contribution in [0.15, 0.2) is 218 Å². The van der Waals surface area contributed by atoms with Gasteiger partial charge < -0.3 is 9.47 Å². The molecule has 9 aromatic carbocycles. The van der Waals surface area contributed by atoms with Gasteiger partial charge in [-0.2, -0.15) is 0 Å². The molecule has 12 rings (SSSR count). The van der Waals surface area contributed by atoms with E-state index < -0.39 is 16.1 Å². The van der Waals surface area contributed by atoms with Crippen LogP contribution >= 0.6 is 0 Å². The number of hydrogen-bond donors (Lipinski definition) is 0. The Morgan fingerprint density at radius 1 is 0.333 bits per heavy atom. The average Bonchev–Trinajstić information content (AvgIpc) is 3.68. The van der Waals surface area contributed by atoms with Crippen LogP contribution < -0.4 is 46.4 Å². The van der Waals surface area contributed by atoms with Gasteiger partial charge in [-0.15, -0.1) is 0 Å². The smallest absolute Gasteiger partial charge is 0.184 e. The van der Waals surface area contributed by atoms with Crippen molar-refractivity contribution in [3.05, 3.63) is 230 Å². The van der Waals surface area contributed by atoms with Crippen LogP contribution in [0.5, 0.6) is 0 Å². The van der Waals surface area contributed by atoms with Gasteiger partial charge >= 0.3 is 0 Å². The van der Waals surface area contributed by atoms with Crippen molar-refractivity contribution in [2.45, 2.75) is 52.4 Å². The molecule has 2 aliphatic heterocycles. The minimum absolute atomic E-state index is 0.00108. The number of hydrogen-bond acceptors (Lipinski definition) is 1. The number of anilines is 3. The van der Waals surface area contributed by atoms with E-state index >= 15 is 0 Å². The molecule has 0 aliphatic carbocycles. The molecule has 0 amide bonds. The first-order valence-corrected chi connectivity index (χ1v) is 27.5. The van der Waals surface area contributed by atoms with E-state index in [1.165, 1.54) is 97.2 Å². The summed E-state index contributed by atoms with van der Waals surface area (Å²) in [5.74, 6) is 0. The van der Waals surface area contributed by atoms with E-state index in [4.69, 9.17) is 0 Å². The minimum Gasteiger partial charge on any atom is -0.311 e. The van der Waals surface area contributed by atoms with Crippen LogP contribution in [0, 0.1) is 0 Å². The largest absolute Gasteiger partial charge is 0.311 e. The number of fused-ring (bicyclic) bond motifs is 7. The van der Waals surface area contributed by atoms with Crippen molar-refractivity contribution in [2.24, 2.45) is 0 Å². The molecular formula is C62H54N2Si2. The highest BCUT2D eigenvalue weighted by Crippen LogP contribution is 2.42. The molecule has 0 saturated carbocycles. The van der Waals surface area contributed by atoms with Gasteiger partial charge in [0.1, 0.15) is 0 Å². The summed E-state index contributed by atoms with van der Waals surface area (Å²) in [4.78, 5) is 2.65. The maximum Gasteiger partial charge on any atom is 0.184 e. The topological polar surface area (TPSA) is 8.17 Å². The molecule has 0 N–H and O–H groups in total. The van der Waals surface area contributed by atoms with Crippen molar-refractivity contribution in [3.8, 4) is 5.69 Å². The van der Waals surface area contributed by atoms with Crippen molar-refractivity contribution < 1.29 is 0 Å². The molecule has 0 saturated heterocycles. The first-order valence-electron chi connectivity index (χ1n) is 23.5. The van der Waals surface area contributed by atoms with Gasteiger partial charge in [-0.05, 0) is 99.8 Å². The van der Waals surface area contributed by atoms with Crippen molar-refractivity contribution in [2.75, 3.05) is 4.90 Å². The molecular weight excluding hydrogens is 829 g/mol. The third kappa shape index (κ3) is 5.71. The SMILES string of the molecule is CC(C)(C)c1ccc2c3ccc(C(C)(C)C)cc3n(-c3cccc([Si]4(c5ccccc5)c5ccccc5N5c6ccccc6[Si](c6ccccc6)(c6ccccc6)c6cccc4c65)c3)c2c1. The molecule has 0 bridgehead atoms. The maximum atomic E-state index is 2.65. The normalized spacial score (nSPS) is 16.2. The van der Waals surface area contributed by atoms with Gasteiger partial charge in [0.05, 0.1) is 11.0 Å². The zero-order valence-electron chi connectivity index (χ0n) is 38.7. The lowest BCUT2D eigenvalue weighted by atomic mass is 9.86. The number of nitrogens with zero attached hydrogens (tertiary/aromatic N) is 2. The molecule has 0 fully saturated rings. The Kier molecular flexibility index (Phi) is 9.06. The summed E-state index contributed by atoms with van der Waals surface area (Å²) in [7, 11) is -6.01. The van der Waals surface area contributed by atoms with E-state index in [1.807, 2.05) is 0 Å². The maximum absolute atomic E-state index is 3.11. The molecule has 10 aromatic rings. The zero-order chi connectivity index (χ0) is 45.0. The number of benzene rings is 9. The van der Waals surface area contributed by atoms with Crippen molar-refractivity contribution in [3.63, 3.8) is 0 Å². The Balaban J connectivity index is 1.22. The highest BCUT2D eigenvalue weighted by atomic mass is 28.3. The third-order valence-electron chi connectivity index (χ3n) is 14.8. The molecule has 1 unspecified atom stereocenters. The van der Waals surface area contributed by atoms with Gasteiger partial charge in [-0.1, -0.05) is 224 Å². The molecule has 0 spiro atoms. The number of aromatic nitrogens is 1. The summed E-state index contributed by atoms with van der Waals surface area (Å²) in [5.41, 5.74) is 10.3. The van der Waals surface area contributed by atoms with E-state index in [2.05, 4.69) is 269 Å². The van der Waals surface area contributed by atoms with E-state index in [0.717, 1.165) is 0 Å². The summed E-state index contributed by atoms with van der Waals surface area (Å²) in [5, 5.41) is 13.9. The molecule has 66 heavy (non-hydrogen) atoms. The standard InChI is InChI=1S/C62H54N2Si2/c1-61(2,3)43-36-38-50-51-39-37-44(62(4,5)6)41-55(51)63(54(50)40-43)45-22-20-29-49(42-45)66(48-27-14-9-15-28-48)57-33-19-17-31-53(57)64-52-30-16-18-32-56(52)65(46-23-10-7-11-24-46,47-25-12-8-13-26-47)58-34-21-35-59(66)60(58)64/h7-42H,1-6H3. The molecule has 4 heteroatoms. The Hall–Kier alpha value is -6.99. The Bertz CT molecular complexity index is 3390. The molecule has 320 valence electrons. The predicted molar refractivity (Wildman–Crippen MR) is 287 cm³/mol. The second kappa shape index (κ2) is 14.8. The Morgan fingerprint density at radius 3 is 1.17 bits per heavy atom. The van der Waals surface area contributed by atoms with Gasteiger partial charge in [0.25, 0.3) is 0 Å². The summed E-state index contributed by atoms with van der Waals surface area (Å²) in [6.07, 6.45) is 0. The van der Waals surface area contributed by atoms with Crippen LogP contribution in [-0.4, -0.2) is 20.7 Å². The quantitative estimate of drug-likeness (QED) is 0.156. The number of para-hydroxylation sites is 3. The van der Waals surface area contributed by atoms with Crippen molar-refractivity contribution in [1.82, 2.24) is 4.57 Å². The molecule has 2 aliphatic rings. The monoisotopic (exact) mass is 882 g/mol. The van der Waals surface area contributed by atoms with Gasteiger partial charge in [0.2, 0.25) is 0 Å². The molecule has 0 radical (unpaired) electrons. The lowest BCUT2D eigenvalue weighted by Gasteiger charge is -2.52. The second-order valence-electron chi connectivity index (χ2n) is 20.5. The fourth-order valence-electron chi connectivity index (χ4n) is 11.8. The van der Waals surface area contributed by atoms with Gasteiger partial charge in [0.15, 0.2) is 16.1 Å². The summed E-state index contributed by atoms with van der Waals surface area (Å²) >= 11 is 0. The summed E-state index contributed by atoms with van der Waals surface area (Å²) < 4.78 is 2.58. The van der Waals surface area contributed by atoms with Crippen LogP contribution in [0.2, 0.25) is 0 Å². The van der Waals surface area contributed by atoms with E-state index in [0.29, 0.717) is 0 Å². The zero-order valence-corrected chi connectivity index (χ0v) is 40.7. The van der Waals surface area contributed by atoms with E-state index in [9.17, 15) is 0 Å². The number of rotatable bonds is 5. The van der Waals surface area contributed by atoms with Crippen molar-refractivity contribution in [1.29, 1.82) is 0 Å². The first-order chi connectivity index (χ1) is 32.0. The second-order valence-corrected chi connectivity index (χ2v) is 28.0. The average molecular weight is 883 g/mol. The van der Waals surface area contributed by atoms with Crippen LogP contribution in [0.3, 0.4) is 0 Å². The third-order valence-corrected chi connectivity index (χ3v) is 24.5. The summed E-state index contributed by atoms with van der Waals surface area (Å²) in [6, 6.07) is 84.6. The van der Waals surface area contributed by atoms with E-state index in [-0.39, 0.29) is 10.8 Å². The van der Waals surface area contributed by atoms with Gasteiger partial charge in [-0.3, -0.25) is 0 Å².